The fourth-order valence-corrected chi connectivity index (χ4v) is 4.22. The average molecular weight is 444 g/mol. The highest BCUT2D eigenvalue weighted by atomic mass is 19.4. The molecule has 1 N–H and O–H groups in total. The Labute approximate surface area is 182 Å². The number of aromatic nitrogens is 2. The van der Waals surface area contributed by atoms with Crippen LogP contribution in [0.4, 0.5) is 19.1 Å². The van der Waals surface area contributed by atoms with Gasteiger partial charge in [0.15, 0.2) is 5.49 Å². The van der Waals surface area contributed by atoms with Crippen LogP contribution in [0.15, 0.2) is 41.4 Å². The van der Waals surface area contributed by atoms with Crippen molar-refractivity contribution in [2.45, 2.75) is 38.7 Å². The molecule has 1 atom stereocenters. The maximum atomic E-state index is 13.3. The van der Waals surface area contributed by atoms with Gasteiger partial charge in [0.25, 0.3) is 0 Å². The van der Waals surface area contributed by atoms with Crippen molar-refractivity contribution in [3.05, 3.63) is 58.6 Å². The SMILES string of the molecule is Cc1c(CN=c2nc3n(c4ccc(OC5CCOC5)cc24)CCN3)cccc1C(F)(F)F. The lowest BCUT2D eigenvalue weighted by atomic mass is 10.0. The largest absolute Gasteiger partial charge is 0.488 e. The molecule has 2 aliphatic heterocycles. The zero-order valence-electron chi connectivity index (χ0n) is 17.6. The maximum absolute atomic E-state index is 13.3. The van der Waals surface area contributed by atoms with Gasteiger partial charge < -0.3 is 19.4 Å². The first kappa shape index (κ1) is 20.8. The number of benzene rings is 2. The van der Waals surface area contributed by atoms with Gasteiger partial charge in [-0.1, -0.05) is 12.1 Å². The van der Waals surface area contributed by atoms with E-state index in [9.17, 15) is 13.2 Å². The highest BCUT2D eigenvalue weighted by molar-refractivity contribution is 5.81. The predicted octanol–water partition coefficient (Wildman–Crippen LogP) is 4.06. The van der Waals surface area contributed by atoms with E-state index in [1.54, 1.807) is 6.07 Å². The van der Waals surface area contributed by atoms with Gasteiger partial charge in [0.2, 0.25) is 5.95 Å². The second-order valence-corrected chi connectivity index (χ2v) is 8.02. The molecule has 2 aliphatic rings. The molecule has 32 heavy (non-hydrogen) atoms. The van der Waals surface area contributed by atoms with Crippen molar-refractivity contribution in [1.29, 1.82) is 0 Å². The summed E-state index contributed by atoms with van der Waals surface area (Å²) in [5.74, 6) is 1.41. The maximum Gasteiger partial charge on any atom is 0.416 e. The third-order valence-electron chi connectivity index (χ3n) is 5.93. The second-order valence-electron chi connectivity index (χ2n) is 8.02. The van der Waals surface area contributed by atoms with Crippen LogP contribution in [0, 0.1) is 6.92 Å². The summed E-state index contributed by atoms with van der Waals surface area (Å²) in [4.78, 5) is 9.28. The summed E-state index contributed by atoms with van der Waals surface area (Å²) in [7, 11) is 0. The number of fused-ring (bicyclic) bond motifs is 3. The fourth-order valence-electron chi connectivity index (χ4n) is 4.22. The lowest BCUT2D eigenvalue weighted by molar-refractivity contribution is -0.138. The van der Waals surface area contributed by atoms with E-state index in [-0.39, 0.29) is 18.2 Å². The van der Waals surface area contributed by atoms with E-state index >= 15 is 0 Å². The summed E-state index contributed by atoms with van der Waals surface area (Å²) in [6.45, 7) is 4.37. The molecule has 0 saturated carbocycles. The van der Waals surface area contributed by atoms with Gasteiger partial charge in [-0.25, -0.2) is 0 Å². The quantitative estimate of drug-likeness (QED) is 0.660. The molecule has 1 saturated heterocycles. The van der Waals surface area contributed by atoms with Crippen LogP contribution >= 0.6 is 0 Å². The Morgan fingerprint density at radius 3 is 2.94 bits per heavy atom. The Balaban J connectivity index is 1.57. The zero-order chi connectivity index (χ0) is 22.3. The molecule has 0 spiro atoms. The number of anilines is 1. The van der Waals surface area contributed by atoms with Crippen LogP contribution in [0.2, 0.25) is 0 Å². The van der Waals surface area contributed by atoms with Crippen molar-refractivity contribution in [2.75, 3.05) is 25.1 Å². The average Bonchev–Trinajstić information content (AvgIpc) is 3.44. The van der Waals surface area contributed by atoms with E-state index in [0.717, 1.165) is 36.5 Å². The number of nitrogens with one attached hydrogen (secondary N) is 1. The Bertz CT molecular complexity index is 1230. The molecule has 0 bridgehead atoms. The van der Waals surface area contributed by atoms with Crippen LogP contribution in [-0.2, 0) is 24.0 Å². The number of rotatable bonds is 4. The van der Waals surface area contributed by atoms with Crippen molar-refractivity contribution >= 4 is 16.9 Å². The lowest BCUT2D eigenvalue weighted by Crippen LogP contribution is -2.18. The van der Waals surface area contributed by atoms with Gasteiger partial charge in [-0.05, 0) is 42.3 Å². The van der Waals surface area contributed by atoms with Crippen molar-refractivity contribution in [1.82, 2.24) is 9.55 Å². The third kappa shape index (κ3) is 3.92. The topological polar surface area (TPSA) is 60.7 Å². The predicted molar refractivity (Wildman–Crippen MR) is 114 cm³/mol. The smallest absolute Gasteiger partial charge is 0.416 e. The van der Waals surface area contributed by atoms with Gasteiger partial charge >= 0.3 is 6.18 Å². The summed E-state index contributed by atoms with van der Waals surface area (Å²) >= 11 is 0. The van der Waals surface area contributed by atoms with E-state index in [1.807, 2.05) is 18.2 Å². The Hall–Kier alpha value is -3.07. The zero-order valence-corrected chi connectivity index (χ0v) is 17.6. The molecule has 3 aromatic rings. The standard InChI is InChI=1S/C23H23F3N4O2/c1-14-15(3-2-4-19(14)23(24,25)26)12-28-21-18-11-16(32-17-7-10-31-13-17)5-6-20(18)30-9-8-27-22(30)29-21/h2-6,11,17H,7-10,12-13H2,1H3,(H,27,28,29). The molecule has 6 nitrogen and oxygen atoms in total. The minimum Gasteiger partial charge on any atom is -0.488 e. The highest BCUT2D eigenvalue weighted by Gasteiger charge is 2.32. The summed E-state index contributed by atoms with van der Waals surface area (Å²) in [6, 6.07) is 10.00. The van der Waals surface area contributed by atoms with Crippen molar-refractivity contribution in [3.8, 4) is 5.75 Å². The number of ether oxygens (including phenoxy) is 2. The molecule has 3 heterocycles. The van der Waals surface area contributed by atoms with Gasteiger partial charge in [-0.15, -0.1) is 0 Å². The van der Waals surface area contributed by atoms with Gasteiger partial charge in [0, 0.05) is 24.9 Å². The number of hydrogen-bond donors (Lipinski definition) is 1. The van der Waals surface area contributed by atoms with Crippen LogP contribution < -0.4 is 15.5 Å². The first-order valence-electron chi connectivity index (χ1n) is 10.6. The summed E-state index contributed by atoms with van der Waals surface area (Å²) in [5.41, 5.74) is 1.50. The molecular weight excluding hydrogens is 421 g/mol. The van der Waals surface area contributed by atoms with E-state index in [4.69, 9.17) is 9.47 Å². The van der Waals surface area contributed by atoms with E-state index < -0.39 is 11.7 Å². The Morgan fingerprint density at radius 2 is 2.16 bits per heavy atom. The Kier molecular flexibility index (Phi) is 5.28. The summed E-state index contributed by atoms with van der Waals surface area (Å²) < 4.78 is 53.4. The molecule has 0 aliphatic carbocycles. The number of hydrogen-bond acceptors (Lipinski definition) is 5. The van der Waals surface area contributed by atoms with Gasteiger partial charge in [0.05, 0.1) is 30.8 Å². The molecule has 0 radical (unpaired) electrons. The molecular formula is C23H23F3N4O2. The molecule has 1 fully saturated rings. The first-order chi connectivity index (χ1) is 15.4. The number of alkyl halides is 3. The number of halogens is 3. The normalized spacial score (nSPS) is 18.8. The molecule has 5 rings (SSSR count). The van der Waals surface area contributed by atoms with Gasteiger partial charge in [0.1, 0.15) is 11.9 Å². The highest BCUT2D eigenvalue weighted by Crippen LogP contribution is 2.33. The molecule has 168 valence electrons. The van der Waals surface area contributed by atoms with Crippen LogP contribution in [-0.4, -0.2) is 35.4 Å². The van der Waals surface area contributed by atoms with E-state index in [0.29, 0.717) is 36.0 Å². The van der Waals surface area contributed by atoms with Crippen molar-refractivity contribution in [3.63, 3.8) is 0 Å². The molecule has 1 unspecified atom stereocenters. The minimum absolute atomic E-state index is 0.0114. The Morgan fingerprint density at radius 1 is 1.28 bits per heavy atom. The molecule has 9 heteroatoms. The first-order valence-corrected chi connectivity index (χ1v) is 10.6. The van der Waals surface area contributed by atoms with Crippen LogP contribution in [0.5, 0.6) is 5.75 Å². The third-order valence-corrected chi connectivity index (χ3v) is 5.93. The van der Waals surface area contributed by atoms with Crippen molar-refractivity contribution < 1.29 is 22.6 Å². The van der Waals surface area contributed by atoms with Crippen LogP contribution in [0.1, 0.15) is 23.1 Å². The van der Waals surface area contributed by atoms with Crippen molar-refractivity contribution in [2.24, 2.45) is 4.99 Å². The van der Waals surface area contributed by atoms with Crippen LogP contribution in [0.3, 0.4) is 0 Å². The van der Waals surface area contributed by atoms with Crippen LogP contribution in [0.25, 0.3) is 10.9 Å². The lowest BCUT2D eigenvalue weighted by Gasteiger charge is -2.14. The second kappa shape index (κ2) is 8.12. The monoisotopic (exact) mass is 444 g/mol. The van der Waals surface area contributed by atoms with Gasteiger partial charge in [-0.2, -0.15) is 18.2 Å². The van der Waals surface area contributed by atoms with E-state index in [2.05, 4.69) is 19.9 Å². The molecule has 0 amide bonds. The van der Waals surface area contributed by atoms with E-state index in [1.165, 1.54) is 13.0 Å². The molecule has 2 aromatic carbocycles. The fraction of sp³-hybridized carbons (Fsp3) is 0.391. The summed E-state index contributed by atoms with van der Waals surface area (Å²) in [6.07, 6.45) is -3.54. The van der Waals surface area contributed by atoms with Gasteiger partial charge in [-0.3, -0.25) is 4.99 Å². The number of nitrogens with zero attached hydrogens (tertiary/aromatic N) is 3. The summed E-state index contributed by atoms with van der Waals surface area (Å²) in [5, 5.41) is 4.04. The molecule has 1 aromatic heterocycles. The minimum atomic E-state index is -4.39.